The van der Waals surface area contributed by atoms with Crippen LogP contribution in [0.15, 0.2) is 42.5 Å². The molecule has 0 saturated carbocycles. The van der Waals surface area contributed by atoms with Gasteiger partial charge in [-0.2, -0.15) is 13.2 Å². The summed E-state index contributed by atoms with van der Waals surface area (Å²) in [5.74, 6) is 0.655. The monoisotopic (exact) mass is 367 g/mol. The lowest BCUT2D eigenvalue weighted by atomic mass is 10.1. The summed E-state index contributed by atoms with van der Waals surface area (Å²) < 4.78 is 52.6. The Labute approximate surface area is 149 Å². The van der Waals surface area contributed by atoms with Crippen LogP contribution < -0.4 is 9.47 Å². The lowest BCUT2D eigenvalue weighted by molar-refractivity contribution is -0.153. The zero-order chi connectivity index (χ0) is 18.4. The van der Waals surface area contributed by atoms with Gasteiger partial charge < -0.3 is 14.2 Å². The lowest BCUT2D eigenvalue weighted by Gasteiger charge is -2.22. The van der Waals surface area contributed by atoms with E-state index >= 15 is 0 Å². The SMILES string of the molecule is FC(F)(F)COc1ccc(-c2cccc(OCC3CCCCO3)n2)cc1. The molecular weight excluding hydrogens is 347 g/mol. The van der Waals surface area contributed by atoms with Crippen LogP contribution in [0.25, 0.3) is 11.3 Å². The predicted molar refractivity (Wildman–Crippen MR) is 90.3 cm³/mol. The van der Waals surface area contributed by atoms with Gasteiger partial charge in [-0.25, -0.2) is 4.98 Å². The summed E-state index contributed by atoms with van der Waals surface area (Å²) in [6.07, 6.45) is -1.04. The topological polar surface area (TPSA) is 40.6 Å². The molecule has 0 spiro atoms. The first kappa shape index (κ1) is 18.5. The van der Waals surface area contributed by atoms with Crippen molar-refractivity contribution in [3.63, 3.8) is 0 Å². The third-order valence-corrected chi connectivity index (χ3v) is 3.97. The molecule has 1 aliphatic heterocycles. The summed E-state index contributed by atoms with van der Waals surface area (Å²) in [6, 6.07) is 11.7. The molecule has 1 saturated heterocycles. The molecule has 1 fully saturated rings. The van der Waals surface area contributed by atoms with Gasteiger partial charge in [-0.15, -0.1) is 0 Å². The van der Waals surface area contributed by atoms with Crippen LogP contribution in [0, 0.1) is 0 Å². The maximum atomic E-state index is 12.2. The number of rotatable bonds is 6. The first-order valence-corrected chi connectivity index (χ1v) is 8.51. The van der Waals surface area contributed by atoms with Crippen molar-refractivity contribution >= 4 is 0 Å². The second-order valence-electron chi connectivity index (χ2n) is 6.09. The van der Waals surface area contributed by atoms with Gasteiger partial charge in [0, 0.05) is 18.2 Å². The summed E-state index contributed by atoms with van der Waals surface area (Å²) in [4.78, 5) is 4.44. The summed E-state index contributed by atoms with van der Waals surface area (Å²) in [7, 11) is 0. The molecule has 0 radical (unpaired) electrons. The smallest absolute Gasteiger partial charge is 0.422 e. The van der Waals surface area contributed by atoms with Crippen molar-refractivity contribution in [2.75, 3.05) is 19.8 Å². The molecule has 1 aromatic carbocycles. The zero-order valence-electron chi connectivity index (χ0n) is 14.2. The Balaban J connectivity index is 1.60. The third kappa shape index (κ3) is 5.62. The van der Waals surface area contributed by atoms with E-state index in [1.54, 1.807) is 18.2 Å². The molecule has 1 unspecified atom stereocenters. The molecule has 140 valence electrons. The van der Waals surface area contributed by atoms with Gasteiger partial charge in [0.2, 0.25) is 5.88 Å². The Morgan fingerprint density at radius 1 is 1.04 bits per heavy atom. The van der Waals surface area contributed by atoms with E-state index in [1.807, 2.05) is 12.1 Å². The summed E-state index contributed by atoms with van der Waals surface area (Å²) in [5.41, 5.74) is 1.44. The number of halogens is 3. The molecule has 0 amide bonds. The van der Waals surface area contributed by atoms with Crippen LogP contribution in [0.2, 0.25) is 0 Å². The highest BCUT2D eigenvalue weighted by Gasteiger charge is 2.28. The van der Waals surface area contributed by atoms with E-state index in [4.69, 9.17) is 14.2 Å². The second kappa shape index (κ2) is 8.40. The second-order valence-corrected chi connectivity index (χ2v) is 6.09. The Morgan fingerprint density at radius 2 is 1.85 bits per heavy atom. The molecule has 2 heterocycles. The third-order valence-electron chi connectivity index (χ3n) is 3.97. The minimum atomic E-state index is -4.35. The van der Waals surface area contributed by atoms with Gasteiger partial charge in [-0.1, -0.05) is 6.07 Å². The molecule has 1 atom stereocenters. The number of hydrogen-bond acceptors (Lipinski definition) is 4. The summed E-state index contributed by atoms with van der Waals surface area (Å²) in [6.45, 7) is -0.0813. The van der Waals surface area contributed by atoms with Crippen molar-refractivity contribution < 1.29 is 27.4 Å². The molecule has 1 aromatic heterocycles. The average Bonchev–Trinajstić information content (AvgIpc) is 2.66. The minimum absolute atomic E-state index is 0.0965. The van der Waals surface area contributed by atoms with Crippen LogP contribution in [0.5, 0.6) is 11.6 Å². The molecule has 0 aliphatic carbocycles. The normalized spacial score (nSPS) is 17.7. The highest BCUT2D eigenvalue weighted by Crippen LogP contribution is 2.24. The lowest BCUT2D eigenvalue weighted by Crippen LogP contribution is -2.25. The molecule has 3 rings (SSSR count). The fraction of sp³-hybridized carbons (Fsp3) is 0.421. The van der Waals surface area contributed by atoms with Gasteiger partial charge in [-0.3, -0.25) is 0 Å². The first-order chi connectivity index (χ1) is 12.5. The number of hydrogen-bond donors (Lipinski definition) is 0. The van der Waals surface area contributed by atoms with E-state index in [0.717, 1.165) is 31.4 Å². The standard InChI is InChI=1S/C19H20F3NO3/c20-19(21,22)13-26-15-9-7-14(8-10-15)17-5-3-6-18(23-17)25-12-16-4-1-2-11-24-16/h3,5-10,16H,1-2,4,11-13H2. The van der Waals surface area contributed by atoms with E-state index in [0.29, 0.717) is 18.2 Å². The highest BCUT2D eigenvalue weighted by atomic mass is 19.4. The summed E-state index contributed by atoms with van der Waals surface area (Å²) >= 11 is 0. The van der Waals surface area contributed by atoms with Gasteiger partial charge in [-0.05, 0) is 49.6 Å². The highest BCUT2D eigenvalue weighted by molar-refractivity contribution is 5.60. The van der Waals surface area contributed by atoms with E-state index < -0.39 is 12.8 Å². The predicted octanol–water partition coefficient (Wildman–Crippen LogP) is 4.64. The molecule has 7 heteroatoms. The molecule has 2 aromatic rings. The Bertz CT molecular complexity index is 698. The first-order valence-electron chi connectivity index (χ1n) is 8.51. The maximum absolute atomic E-state index is 12.2. The van der Waals surface area contributed by atoms with Crippen molar-refractivity contribution in [1.29, 1.82) is 0 Å². The number of pyridine rings is 1. The van der Waals surface area contributed by atoms with Crippen molar-refractivity contribution in [1.82, 2.24) is 4.98 Å². The van der Waals surface area contributed by atoms with Gasteiger partial charge in [0.25, 0.3) is 0 Å². The van der Waals surface area contributed by atoms with Gasteiger partial charge >= 0.3 is 6.18 Å². The van der Waals surface area contributed by atoms with Crippen LogP contribution in [0.3, 0.4) is 0 Å². The summed E-state index contributed by atoms with van der Waals surface area (Å²) in [5, 5.41) is 0. The minimum Gasteiger partial charge on any atom is -0.484 e. The number of alkyl halides is 3. The number of ether oxygens (including phenoxy) is 3. The van der Waals surface area contributed by atoms with Gasteiger partial charge in [0.1, 0.15) is 12.4 Å². The van der Waals surface area contributed by atoms with Gasteiger partial charge in [0.05, 0.1) is 11.8 Å². The van der Waals surface area contributed by atoms with Crippen LogP contribution in [0.1, 0.15) is 19.3 Å². The van der Waals surface area contributed by atoms with Crippen LogP contribution in [-0.4, -0.2) is 37.1 Å². The maximum Gasteiger partial charge on any atom is 0.422 e. The molecule has 26 heavy (non-hydrogen) atoms. The Kier molecular flexibility index (Phi) is 5.98. The largest absolute Gasteiger partial charge is 0.484 e. The van der Waals surface area contributed by atoms with Crippen molar-refractivity contribution in [3.05, 3.63) is 42.5 Å². The van der Waals surface area contributed by atoms with Crippen molar-refractivity contribution in [2.24, 2.45) is 0 Å². The van der Waals surface area contributed by atoms with Gasteiger partial charge in [0.15, 0.2) is 6.61 Å². The van der Waals surface area contributed by atoms with Crippen molar-refractivity contribution in [2.45, 2.75) is 31.5 Å². The Morgan fingerprint density at radius 3 is 2.54 bits per heavy atom. The fourth-order valence-corrected chi connectivity index (χ4v) is 2.66. The van der Waals surface area contributed by atoms with Crippen LogP contribution in [0.4, 0.5) is 13.2 Å². The quantitative estimate of drug-likeness (QED) is 0.746. The van der Waals surface area contributed by atoms with E-state index in [2.05, 4.69) is 4.98 Å². The molecule has 0 bridgehead atoms. The van der Waals surface area contributed by atoms with Crippen LogP contribution >= 0.6 is 0 Å². The zero-order valence-corrected chi connectivity index (χ0v) is 14.2. The fourth-order valence-electron chi connectivity index (χ4n) is 2.66. The van der Waals surface area contributed by atoms with E-state index in [1.165, 1.54) is 12.1 Å². The number of benzene rings is 1. The Hall–Kier alpha value is -2.28. The molecule has 1 aliphatic rings. The molecule has 0 N–H and O–H groups in total. The van der Waals surface area contributed by atoms with Crippen LogP contribution in [-0.2, 0) is 4.74 Å². The molecular formula is C19H20F3NO3. The number of nitrogens with zero attached hydrogens (tertiary/aromatic N) is 1. The van der Waals surface area contributed by atoms with E-state index in [9.17, 15) is 13.2 Å². The van der Waals surface area contributed by atoms with Crippen molar-refractivity contribution in [3.8, 4) is 22.9 Å². The number of aromatic nitrogens is 1. The molecule has 4 nitrogen and oxygen atoms in total. The average molecular weight is 367 g/mol. The van der Waals surface area contributed by atoms with E-state index in [-0.39, 0.29) is 11.9 Å².